The Bertz CT molecular complexity index is 228. The molecular formula is C15H31NS. The van der Waals surface area contributed by atoms with Crippen LogP contribution in [0.5, 0.6) is 0 Å². The molecule has 1 fully saturated rings. The van der Waals surface area contributed by atoms with Gasteiger partial charge in [-0.15, -0.1) is 0 Å². The number of rotatable bonds is 5. The fourth-order valence-electron chi connectivity index (χ4n) is 2.93. The van der Waals surface area contributed by atoms with Gasteiger partial charge in [-0.3, -0.25) is 0 Å². The third kappa shape index (κ3) is 3.89. The lowest BCUT2D eigenvalue weighted by Crippen LogP contribution is -2.36. The predicted octanol–water partition coefficient (Wildman–Crippen LogP) is 4.09. The predicted molar refractivity (Wildman–Crippen MR) is 80.9 cm³/mol. The summed E-state index contributed by atoms with van der Waals surface area (Å²) in [6.07, 6.45) is 4.06. The maximum atomic E-state index is 4.54. The molecule has 1 saturated heterocycles. The van der Waals surface area contributed by atoms with Gasteiger partial charge in [0.1, 0.15) is 0 Å². The molecule has 1 rings (SSSR count). The van der Waals surface area contributed by atoms with Gasteiger partial charge in [0.15, 0.2) is 0 Å². The maximum absolute atomic E-state index is 4.54. The molecule has 0 aliphatic carbocycles. The van der Waals surface area contributed by atoms with Gasteiger partial charge in [0.05, 0.1) is 0 Å². The Kier molecular flexibility index (Phi) is 5.39. The molecule has 0 bridgehead atoms. The Morgan fingerprint density at radius 3 is 2.18 bits per heavy atom. The van der Waals surface area contributed by atoms with E-state index >= 15 is 0 Å². The first-order chi connectivity index (χ1) is 7.87. The second-order valence-corrected chi connectivity index (χ2v) is 7.30. The summed E-state index contributed by atoms with van der Waals surface area (Å²) in [5, 5.41) is 0. The van der Waals surface area contributed by atoms with Crippen molar-refractivity contribution in [2.75, 3.05) is 25.4 Å². The van der Waals surface area contributed by atoms with Gasteiger partial charge in [0.25, 0.3) is 0 Å². The molecular weight excluding hydrogens is 226 g/mol. The quantitative estimate of drug-likeness (QED) is 0.726. The lowest BCUT2D eigenvalue weighted by molar-refractivity contribution is 0.167. The minimum absolute atomic E-state index is 0.380. The summed E-state index contributed by atoms with van der Waals surface area (Å²) in [5.41, 5.74) is 0.991. The molecule has 0 spiro atoms. The summed E-state index contributed by atoms with van der Waals surface area (Å²) in [6.45, 7) is 15.6. The molecule has 1 heterocycles. The van der Waals surface area contributed by atoms with Crippen LogP contribution in [-0.4, -0.2) is 30.3 Å². The fraction of sp³-hybridized carbons (Fsp3) is 1.00. The normalized spacial score (nSPS) is 22.9. The molecule has 1 atom stereocenters. The molecule has 1 aliphatic heterocycles. The minimum atomic E-state index is 0.380. The molecule has 2 heteroatoms. The molecule has 0 aromatic rings. The summed E-state index contributed by atoms with van der Waals surface area (Å²) in [5.74, 6) is 1.71. The van der Waals surface area contributed by atoms with Crippen molar-refractivity contribution in [3.8, 4) is 0 Å². The molecule has 1 nitrogen and oxygen atoms in total. The highest BCUT2D eigenvalue weighted by atomic mass is 32.1. The van der Waals surface area contributed by atoms with Crippen LogP contribution < -0.4 is 0 Å². The van der Waals surface area contributed by atoms with Crippen molar-refractivity contribution in [2.24, 2.45) is 16.7 Å². The Balaban J connectivity index is 2.55. The Labute approximate surface area is 114 Å². The Hall–Kier alpha value is 0.310. The number of hydrogen-bond donors (Lipinski definition) is 1. The molecule has 17 heavy (non-hydrogen) atoms. The number of hydrogen-bond acceptors (Lipinski definition) is 2. The lowest BCUT2D eigenvalue weighted by Gasteiger charge is -2.34. The summed E-state index contributed by atoms with van der Waals surface area (Å²) in [7, 11) is 0. The van der Waals surface area contributed by atoms with E-state index in [9.17, 15) is 0 Å². The van der Waals surface area contributed by atoms with Gasteiger partial charge in [-0.2, -0.15) is 12.6 Å². The van der Waals surface area contributed by atoms with Crippen molar-refractivity contribution in [2.45, 2.75) is 53.9 Å². The van der Waals surface area contributed by atoms with Crippen LogP contribution in [0.15, 0.2) is 0 Å². The largest absolute Gasteiger partial charge is 0.302 e. The highest BCUT2D eigenvalue weighted by molar-refractivity contribution is 7.80. The van der Waals surface area contributed by atoms with Gasteiger partial charge in [-0.05, 0) is 48.3 Å². The van der Waals surface area contributed by atoms with Crippen LogP contribution in [0.2, 0.25) is 0 Å². The third-order valence-electron chi connectivity index (χ3n) is 4.94. The Morgan fingerprint density at radius 1 is 1.24 bits per heavy atom. The van der Waals surface area contributed by atoms with Crippen LogP contribution in [0.25, 0.3) is 0 Å². The second kappa shape index (κ2) is 5.97. The Morgan fingerprint density at radius 2 is 1.82 bits per heavy atom. The molecule has 0 aromatic carbocycles. The number of thiol groups is 1. The average molecular weight is 257 g/mol. The van der Waals surface area contributed by atoms with Gasteiger partial charge < -0.3 is 4.90 Å². The van der Waals surface area contributed by atoms with Crippen LogP contribution in [0, 0.1) is 16.7 Å². The van der Waals surface area contributed by atoms with Crippen LogP contribution >= 0.6 is 12.6 Å². The second-order valence-electron chi connectivity index (χ2n) is 6.94. The van der Waals surface area contributed by atoms with Gasteiger partial charge in [0.2, 0.25) is 0 Å². The summed E-state index contributed by atoms with van der Waals surface area (Å²) in [6, 6.07) is 0. The van der Waals surface area contributed by atoms with Crippen molar-refractivity contribution >= 4 is 12.6 Å². The van der Waals surface area contributed by atoms with Crippen LogP contribution in [0.3, 0.4) is 0 Å². The fourth-order valence-corrected chi connectivity index (χ4v) is 3.59. The van der Waals surface area contributed by atoms with Gasteiger partial charge in [-0.1, -0.05) is 34.6 Å². The van der Waals surface area contributed by atoms with Crippen LogP contribution in [-0.2, 0) is 0 Å². The highest BCUT2D eigenvalue weighted by Crippen LogP contribution is 2.38. The molecule has 1 aliphatic rings. The summed E-state index contributed by atoms with van der Waals surface area (Å²) < 4.78 is 0. The standard InChI is InChI=1S/C15H31NS/c1-6-15(7-2)8-9-16(12-15)10-13(11-17)14(3,4)5/h13,17H,6-12H2,1-5H3. The van der Waals surface area contributed by atoms with Crippen molar-refractivity contribution in [3.05, 3.63) is 0 Å². The van der Waals surface area contributed by atoms with E-state index in [4.69, 9.17) is 0 Å². The van der Waals surface area contributed by atoms with E-state index in [2.05, 4.69) is 52.1 Å². The van der Waals surface area contributed by atoms with E-state index in [0.29, 0.717) is 16.7 Å². The van der Waals surface area contributed by atoms with Gasteiger partial charge >= 0.3 is 0 Å². The zero-order valence-corrected chi connectivity index (χ0v) is 13.3. The van der Waals surface area contributed by atoms with E-state index in [-0.39, 0.29) is 0 Å². The molecule has 0 amide bonds. The van der Waals surface area contributed by atoms with Crippen molar-refractivity contribution in [1.29, 1.82) is 0 Å². The van der Waals surface area contributed by atoms with Crippen molar-refractivity contribution in [1.82, 2.24) is 4.90 Å². The first-order valence-electron chi connectivity index (χ1n) is 7.20. The van der Waals surface area contributed by atoms with Crippen LogP contribution in [0.4, 0.5) is 0 Å². The smallest absolute Gasteiger partial charge is 0.00384 e. The van der Waals surface area contributed by atoms with E-state index in [1.807, 2.05) is 0 Å². The summed E-state index contributed by atoms with van der Waals surface area (Å²) >= 11 is 4.54. The van der Waals surface area contributed by atoms with Crippen molar-refractivity contribution < 1.29 is 0 Å². The first-order valence-corrected chi connectivity index (χ1v) is 7.83. The van der Waals surface area contributed by atoms with Gasteiger partial charge in [-0.25, -0.2) is 0 Å². The lowest BCUT2D eigenvalue weighted by atomic mass is 9.81. The monoisotopic (exact) mass is 257 g/mol. The number of likely N-dealkylation sites (tertiary alicyclic amines) is 1. The number of nitrogens with zero attached hydrogens (tertiary/aromatic N) is 1. The van der Waals surface area contributed by atoms with Gasteiger partial charge in [0, 0.05) is 13.1 Å². The van der Waals surface area contributed by atoms with E-state index < -0.39 is 0 Å². The molecule has 0 N–H and O–H groups in total. The van der Waals surface area contributed by atoms with E-state index in [1.165, 1.54) is 38.9 Å². The third-order valence-corrected chi connectivity index (χ3v) is 5.38. The molecule has 102 valence electrons. The van der Waals surface area contributed by atoms with Crippen LogP contribution in [0.1, 0.15) is 53.9 Å². The average Bonchev–Trinajstić information content (AvgIpc) is 2.68. The molecule has 0 radical (unpaired) electrons. The molecule has 1 unspecified atom stereocenters. The first kappa shape index (κ1) is 15.4. The summed E-state index contributed by atoms with van der Waals surface area (Å²) in [4.78, 5) is 2.68. The minimum Gasteiger partial charge on any atom is -0.302 e. The molecule has 0 aromatic heterocycles. The van der Waals surface area contributed by atoms with Crippen molar-refractivity contribution in [3.63, 3.8) is 0 Å². The maximum Gasteiger partial charge on any atom is 0.00384 e. The highest BCUT2D eigenvalue weighted by Gasteiger charge is 2.36. The zero-order chi connectivity index (χ0) is 13.1. The van der Waals surface area contributed by atoms with E-state index in [1.54, 1.807) is 0 Å². The zero-order valence-electron chi connectivity index (χ0n) is 12.4. The molecule has 0 saturated carbocycles. The topological polar surface area (TPSA) is 3.24 Å². The van der Waals surface area contributed by atoms with E-state index in [0.717, 1.165) is 5.75 Å². The SMILES string of the molecule is CCC1(CC)CCN(CC(CS)C(C)(C)C)C1.